The van der Waals surface area contributed by atoms with Gasteiger partial charge in [-0.1, -0.05) is 41.9 Å². The number of halogens is 1. The lowest BCUT2D eigenvalue weighted by Gasteiger charge is -2.21. The summed E-state index contributed by atoms with van der Waals surface area (Å²) in [5, 5.41) is 5.50. The van der Waals surface area contributed by atoms with E-state index < -0.39 is 0 Å². The number of aryl methyl sites for hydroxylation is 1. The van der Waals surface area contributed by atoms with E-state index in [1.165, 1.54) is 43.4 Å². The van der Waals surface area contributed by atoms with Gasteiger partial charge in [-0.3, -0.25) is 4.90 Å². The molecule has 0 radical (unpaired) electrons. The van der Waals surface area contributed by atoms with E-state index in [9.17, 15) is 0 Å². The zero-order valence-corrected chi connectivity index (χ0v) is 14.5. The topological polar surface area (TPSA) is 21.1 Å². The fraction of sp³-hybridized carbons (Fsp3) is 0.526. The van der Waals surface area contributed by atoms with E-state index in [0.717, 1.165) is 35.9 Å². The lowest BCUT2D eigenvalue weighted by Crippen LogP contribution is -2.28. The summed E-state index contributed by atoms with van der Waals surface area (Å²) in [6.07, 6.45) is 5.51. The zero-order chi connectivity index (χ0) is 15.8. The fourth-order valence-electron chi connectivity index (χ4n) is 3.25. The van der Waals surface area contributed by atoms with E-state index in [1.54, 1.807) is 0 Å². The molecule has 4 rings (SSSR count). The van der Waals surface area contributed by atoms with Crippen molar-refractivity contribution in [3.8, 4) is 0 Å². The largest absolute Gasteiger partial charge is 0.296 e. The molecule has 0 atom stereocenters. The molecule has 0 bridgehead atoms. The number of hydrogen-bond acceptors (Lipinski definition) is 2. The lowest BCUT2D eigenvalue weighted by molar-refractivity contribution is 0.243. The smallest absolute Gasteiger partial charge is 0.132 e. The summed E-state index contributed by atoms with van der Waals surface area (Å²) in [4.78, 5) is 2.64. The standard InChI is InChI=1S/C19H24ClN3/c1-14-18(13-22(17-9-10-17)11-16-7-8-16)19(20)23(21-14)12-15-5-3-2-4-6-15/h2-6,16-17H,7-13H2,1H3. The van der Waals surface area contributed by atoms with Gasteiger partial charge in [-0.05, 0) is 44.1 Å². The van der Waals surface area contributed by atoms with Gasteiger partial charge in [-0.2, -0.15) is 5.10 Å². The molecule has 2 saturated carbocycles. The van der Waals surface area contributed by atoms with Crippen molar-refractivity contribution in [2.24, 2.45) is 5.92 Å². The molecule has 1 aromatic heterocycles. The quantitative estimate of drug-likeness (QED) is 0.756. The predicted molar refractivity (Wildman–Crippen MR) is 93.7 cm³/mol. The second-order valence-corrected chi connectivity index (χ2v) is 7.46. The van der Waals surface area contributed by atoms with Crippen LogP contribution in [0.2, 0.25) is 5.15 Å². The molecular weight excluding hydrogens is 306 g/mol. The van der Waals surface area contributed by atoms with Crippen molar-refractivity contribution in [1.29, 1.82) is 0 Å². The lowest BCUT2D eigenvalue weighted by atomic mass is 10.2. The Labute approximate surface area is 143 Å². The van der Waals surface area contributed by atoms with Gasteiger partial charge in [0.25, 0.3) is 0 Å². The third-order valence-electron chi connectivity index (χ3n) is 4.97. The molecule has 2 aliphatic rings. The average Bonchev–Trinajstić information content (AvgIpc) is 3.44. The van der Waals surface area contributed by atoms with Gasteiger partial charge in [0.2, 0.25) is 0 Å². The normalized spacial score (nSPS) is 17.9. The average molecular weight is 330 g/mol. The van der Waals surface area contributed by atoms with Gasteiger partial charge in [0, 0.05) is 24.7 Å². The Hall–Kier alpha value is -1.32. The van der Waals surface area contributed by atoms with Crippen LogP contribution >= 0.6 is 11.6 Å². The maximum atomic E-state index is 6.67. The Morgan fingerprint density at radius 2 is 1.91 bits per heavy atom. The van der Waals surface area contributed by atoms with E-state index in [4.69, 9.17) is 16.7 Å². The zero-order valence-electron chi connectivity index (χ0n) is 13.7. The van der Waals surface area contributed by atoms with E-state index in [-0.39, 0.29) is 0 Å². The minimum Gasteiger partial charge on any atom is -0.296 e. The SMILES string of the molecule is Cc1nn(Cc2ccccc2)c(Cl)c1CN(CC1CC1)C1CC1. The van der Waals surface area contributed by atoms with Gasteiger partial charge >= 0.3 is 0 Å². The summed E-state index contributed by atoms with van der Waals surface area (Å²) in [6, 6.07) is 11.2. The second kappa shape index (κ2) is 6.29. The van der Waals surface area contributed by atoms with E-state index in [0.29, 0.717) is 0 Å². The van der Waals surface area contributed by atoms with Gasteiger partial charge in [0.05, 0.1) is 12.2 Å². The first-order valence-electron chi connectivity index (χ1n) is 8.70. The number of benzene rings is 1. The minimum atomic E-state index is 0.743. The van der Waals surface area contributed by atoms with Crippen molar-refractivity contribution in [2.75, 3.05) is 6.54 Å². The Morgan fingerprint density at radius 1 is 1.17 bits per heavy atom. The molecule has 3 nitrogen and oxygen atoms in total. The third-order valence-corrected chi connectivity index (χ3v) is 5.40. The number of rotatable bonds is 7. The molecule has 4 heteroatoms. The Bertz CT molecular complexity index is 671. The van der Waals surface area contributed by atoms with Crippen LogP contribution in [0.25, 0.3) is 0 Å². The number of aromatic nitrogens is 2. The van der Waals surface area contributed by atoms with Crippen LogP contribution in [0.3, 0.4) is 0 Å². The van der Waals surface area contributed by atoms with E-state index in [2.05, 4.69) is 36.1 Å². The first kappa shape index (κ1) is 15.2. The number of nitrogens with zero attached hydrogens (tertiary/aromatic N) is 3. The van der Waals surface area contributed by atoms with Crippen LogP contribution in [-0.4, -0.2) is 27.3 Å². The summed E-state index contributed by atoms with van der Waals surface area (Å²) in [5.74, 6) is 0.925. The Kier molecular flexibility index (Phi) is 4.16. The molecule has 0 unspecified atom stereocenters. The summed E-state index contributed by atoms with van der Waals surface area (Å²) >= 11 is 6.67. The van der Waals surface area contributed by atoms with Gasteiger partial charge < -0.3 is 0 Å². The maximum Gasteiger partial charge on any atom is 0.132 e. The molecule has 122 valence electrons. The summed E-state index contributed by atoms with van der Waals surface area (Å²) < 4.78 is 1.95. The first-order valence-corrected chi connectivity index (χ1v) is 9.08. The highest BCUT2D eigenvalue weighted by atomic mass is 35.5. The van der Waals surface area contributed by atoms with E-state index >= 15 is 0 Å². The van der Waals surface area contributed by atoms with Gasteiger partial charge in [-0.15, -0.1) is 0 Å². The summed E-state index contributed by atoms with van der Waals surface area (Å²) in [6.45, 7) is 5.03. The summed E-state index contributed by atoms with van der Waals surface area (Å²) in [7, 11) is 0. The highest BCUT2D eigenvalue weighted by Gasteiger charge is 2.34. The maximum absolute atomic E-state index is 6.67. The monoisotopic (exact) mass is 329 g/mol. The highest BCUT2D eigenvalue weighted by molar-refractivity contribution is 6.30. The molecule has 0 aliphatic heterocycles. The summed E-state index contributed by atoms with van der Waals surface area (Å²) in [5.41, 5.74) is 3.53. The van der Waals surface area contributed by atoms with Crippen molar-refractivity contribution in [1.82, 2.24) is 14.7 Å². The molecule has 2 fully saturated rings. The van der Waals surface area contributed by atoms with Crippen molar-refractivity contribution < 1.29 is 0 Å². The minimum absolute atomic E-state index is 0.743. The van der Waals surface area contributed by atoms with Gasteiger partial charge in [0.15, 0.2) is 0 Å². The Morgan fingerprint density at radius 3 is 2.57 bits per heavy atom. The first-order chi connectivity index (χ1) is 11.2. The molecule has 0 spiro atoms. The van der Waals surface area contributed by atoms with Crippen LogP contribution in [0.1, 0.15) is 42.5 Å². The molecule has 1 heterocycles. The van der Waals surface area contributed by atoms with Crippen LogP contribution < -0.4 is 0 Å². The third kappa shape index (κ3) is 3.61. The molecule has 0 amide bonds. The van der Waals surface area contributed by atoms with E-state index in [1.807, 2.05) is 10.7 Å². The van der Waals surface area contributed by atoms with Crippen LogP contribution in [-0.2, 0) is 13.1 Å². The fourth-order valence-corrected chi connectivity index (χ4v) is 3.54. The van der Waals surface area contributed by atoms with Crippen LogP contribution in [0.5, 0.6) is 0 Å². The van der Waals surface area contributed by atoms with Crippen molar-refractivity contribution in [3.05, 3.63) is 52.3 Å². The van der Waals surface area contributed by atoms with Gasteiger partial charge in [0.1, 0.15) is 5.15 Å². The van der Waals surface area contributed by atoms with Crippen molar-refractivity contribution in [3.63, 3.8) is 0 Å². The molecule has 23 heavy (non-hydrogen) atoms. The molecule has 0 N–H and O–H groups in total. The molecular formula is C19H24ClN3. The molecule has 0 saturated heterocycles. The van der Waals surface area contributed by atoms with Crippen LogP contribution in [0.15, 0.2) is 30.3 Å². The molecule has 2 aromatic rings. The second-order valence-electron chi connectivity index (χ2n) is 7.10. The van der Waals surface area contributed by atoms with Crippen LogP contribution in [0.4, 0.5) is 0 Å². The Balaban J connectivity index is 1.51. The van der Waals surface area contributed by atoms with Crippen LogP contribution in [0, 0.1) is 12.8 Å². The predicted octanol–water partition coefficient (Wildman–Crippen LogP) is 4.27. The van der Waals surface area contributed by atoms with Gasteiger partial charge in [-0.25, -0.2) is 4.68 Å². The van der Waals surface area contributed by atoms with Crippen molar-refractivity contribution in [2.45, 2.75) is 51.7 Å². The van der Waals surface area contributed by atoms with Crippen molar-refractivity contribution >= 4 is 11.6 Å². The molecule has 1 aromatic carbocycles. The molecule has 2 aliphatic carbocycles. The number of hydrogen-bond donors (Lipinski definition) is 0. The highest BCUT2D eigenvalue weighted by Crippen LogP contribution is 2.36.